The summed E-state index contributed by atoms with van der Waals surface area (Å²) in [6.45, 7) is 1.79. The van der Waals surface area contributed by atoms with Gasteiger partial charge in [-0.3, -0.25) is 0 Å². The molecule has 0 saturated heterocycles. The third-order valence-corrected chi connectivity index (χ3v) is 3.65. The molecule has 0 unspecified atom stereocenters. The van der Waals surface area contributed by atoms with Crippen molar-refractivity contribution in [3.63, 3.8) is 0 Å². The van der Waals surface area contributed by atoms with Gasteiger partial charge in [-0.05, 0) is 12.8 Å². The van der Waals surface area contributed by atoms with Crippen LogP contribution in [-0.2, 0) is 0 Å². The first kappa shape index (κ1) is 13.6. The van der Waals surface area contributed by atoms with Gasteiger partial charge in [0.15, 0.2) is 0 Å². The van der Waals surface area contributed by atoms with E-state index in [1.54, 1.807) is 6.20 Å². The molecule has 0 radical (unpaired) electrons. The van der Waals surface area contributed by atoms with Crippen molar-refractivity contribution in [2.45, 2.75) is 44.6 Å². The lowest BCUT2D eigenvalue weighted by molar-refractivity contribution is 0.468. The minimum atomic E-state index is 0.576. The predicted octanol–water partition coefficient (Wildman–Crippen LogP) is 2.85. The number of aromatic nitrogens is 2. The maximum absolute atomic E-state index is 5.97. The lowest BCUT2D eigenvalue weighted by Gasteiger charge is -2.16. The molecule has 1 aromatic heterocycles. The number of nitrogens with zero attached hydrogens (tertiary/aromatic N) is 2. The minimum absolute atomic E-state index is 0.576. The van der Waals surface area contributed by atoms with Gasteiger partial charge >= 0.3 is 0 Å². The standard InChI is InChI=1S/C13H21ClN4/c14-12-9-15-10-18-13(12)17-8-7-16-11-5-3-1-2-4-6-11/h9-11,16H,1-8H2,(H,15,17,18). The van der Waals surface area contributed by atoms with Crippen LogP contribution in [0.15, 0.2) is 12.5 Å². The van der Waals surface area contributed by atoms with Crippen LogP contribution < -0.4 is 10.6 Å². The molecule has 1 aliphatic carbocycles. The topological polar surface area (TPSA) is 49.8 Å². The van der Waals surface area contributed by atoms with Gasteiger partial charge in [-0.1, -0.05) is 37.3 Å². The second-order valence-electron chi connectivity index (χ2n) is 4.79. The van der Waals surface area contributed by atoms with E-state index in [2.05, 4.69) is 20.6 Å². The van der Waals surface area contributed by atoms with Crippen LogP contribution in [0.5, 0.6) is 0 Å². The maximum atomic E-state index is 5.97. The first-order valence-electron chi connectivity index (χ1n) is 6.79. The Balaban J connectivity index is 1.65. The van der Waals surface area contributed by atoms with Crippen LogP contribution in [0.1, 0.15) is 38.5 Å². The largest absolute Gasteiger partial charge is 0.367 e. The average molecular weight is 269 g/mol. The summed E-state index contributed by atoms with van der Waals surface area (Å²) < 4.78 is 0. The maximum Gasteiger partial charge on any atom is 0.148 e. The fourth-order valence-electron chi connectivity index (χ4n) is 2.38. The summed E-state index contributed by atoms with van der Waals surface area (Å²) in [5.41, 5.74) is 0. The third-order valence-electron chi connectivity index (χ3n) is 3.37. The molecule has 5 heteroatoms. The first-order chi connectivity index (χ1) is 8.86. The zero-order valence-corrected chi connectivity index (χ0v) is 11.4. The fourth-order valence-corrected chi connectivity index (χ4v) is 2.56. The molecule has 1 heterocycles. The van der Waals surface area contributed by atoms with Crippen molar-refractivity contribution in [1.29, 1.82) is 0 Å². The highest BCUT2D eigenvalue weighted by Crippen LogP contribution is 2.17. The molecular weight excluding hydrogens is 248 g/mol. The molecule has 0 spiro atoms. The van der Waals surface area contributed by atoms with E-state index in [1.165, 1.54) is 44.9 Å². The lowest BCUT2D eigenvalue weighted by atomic mass is 10.1. The second-order valence-corrected chi connectivity index (χ2v) is 5.20. The number of rotatable bonds is 5. The molecule has 18 heavy (non-hydrogen) atoms. The number of nitrogens with one attached hydrogen (secondary N) is 2. The van der Waals surface area contributed by atoms with Crippen molar-refractivity contribution in [3.8, 4) is 0 Å². The van der Waals surface area contributed by atoms with Crippen molar-refractivity contribution >= 4 is 17.4 Å². The van der Waals surface area contributed by atoms with Crippen LogP contribution in [0.3, 0.4) is 0 Å². The van der Waals surface area contributed by atoms with Gasteiger partial charge in [-0.25, -0.2) is 9.97 Å². The van der Waals surface area contributed by atoms with E-state index >= 15 is 0 Å². The summed E-state index contributed by atoms with van der Waals surface area (Å²) in [6, 6.07) is 0.690. The monoisotopic (exact) mass is 268 g/mol. The van der Waals surface area contributed by atoms with Gasteiger partial charge in [0.1, 0.15) is 17.2 Å². The Morgan fingerprint density at radius 3 is 2.67 bits per heavy atom. The number of hydrogen-bond acceptors (Lipinski definition) is 4. The smallest absolute Gasteiger partial charge is 0.148 e. The number of anilines is 1. The van der Waals surface area contributed by atoms with Crippen molar-refractivity contribution in [2.75, 3.05) is 18.4 Å². The van der Waals surface area contributed by atoms with E-state index in [0.717, 1.165) is 13.1 Å². The Bertz CT molecular complexity index is 351. The van der Waals surface area contributed by atoms with Crippen molar-refractivity contribution in [3.05, 3.63) is 17.5 Å². The summed E-state index contributed by atoms with van der Waals surface area (Å²) in [7, 11) is 0. The molecule has 2 rings (SSSR count). The Morgan fingerprint density at radius 1 is 1.17 bits per heavy atom. The van der Waals surface area contributed by atoms with Gasteiger partial charge in [0.05, 0.1) is 6.20 Å². The zero-order valence-electron chi connectivity index (χ0n) is 10.7. The number of hydrogen-bond donors (Lipinski definition) is 2. The lowest BCUT2D eigenvalue weighted by Crippen LogP contribution is -2.32. The van der Waals surface area contributed by atoms with Gasteiger partial charge < -0.3 is 10.6 Å². The summed E-state index contributed by atoms with van der Waals surface area (Å²) in [6.07, 6.45) is 11.3. The molecule has 1 fully saturated rings. The molecule has 1 saturated carbocycles. The molecule has 0 aliphatic heterocycles. The average Bonchev–Trinajstić information content (AvgIpc) is 2.65. The van der Waals surface area contributed by atoms with Crippen molar-refractivity contribution in [1.82, 2.24) is 15.3 Å². The van der Waals surface area contributed by atoms with E-state index in [9.17, 15) is 0 Å². The highest BCUT2D eigenvalue weighted by molar-refractivity contribution is 6.32. The highest BCUT2D eigenvalue weighted by atomic mass is 35.5. The molecular formula is C13H21ClN4. The van der Waals surface area contributed by atoms with E-state index in [1.807, 2.05) is 0 Å². The molecule has 0 bridgehead atoms. The van der Waals surface area contributed by atoms with Gasteiger partial charge in [0.25, 0.3) is 0 Å². The number of halogens is 1. The molecule has 100 valence electrons. The Kier molecular flexibility index (Phi) is 5.68. The molecule has 0 atom stereocenters. The van der Waals surface area contributed by atoms with Crippen molar-refractivity contribution in [2.24, 2.45) is 0 Å². The van der Waals surface area contributed by atoms with E-state index in [4.69, 9.17) is 11.6 Å². The summed E-state index contributed by atoms with van der Waals surface area (Å²) in [5.74, 6) is 0.717. The van der Waals surface area contributed by atoms with Gasteiger partial charge in [-0.15, -0.1) is 0 Å². The molecule has 1 aliphatic rings. The second kappa shape index (κ2) is 7.54. The predicted molar refractivity (Wildman–Crippen MR) is 75.0 cm³/mol. The first-order valence-corrected chi connectivity index (χ1v) is 7.17. The van der Waals surface area contributed by atoms with Crippen LogP contribution in [0, 0.1) is 0 Å². The van der Waals surface area contributed by atoms with Crippen LogP contribution in [0.2, 0.25) is 5.02 Å². The third kappa shape index (κ3) is 4.42. The fraction of sp³-hybridized carbons (Fsp3) is 0.692. The molecule has 0 amide bonds. The Labute approximate surface area is 114 Å². The Morgan fingerprint density at radius 2 is 1.94 bits per heavy atom. The van der Waals surface area contributed by atoms with Gasteiger partial charge in [0, 0.05) is 19.1 Å². The molecule has 2 N–H and O–H groups in total. The molecule has 1 aromatic rings. The van der Waals surface area contributed by atoms with E-state index in [0.29, 0.717) is 16.9 Å². The van der Waals surface area contributed by atoms with Gasteiger partial charge in [-0.2, -0.15) is 0 Å². The quantitative estimate of drug-likeness (QED) is 0.637. The van der Waals surface area contributed by atoms with Crippen LogP contribution >= 0.6 is 11.6 Å². The summed E-state index contributed by atoms with van der Waals surface area (Å²) >= 11 is 5.97. The van der Waals surface area contributed by atoms with Crippen LogP contribution in [-0.4, -0.2) is 29.1 Å². The summed E-state index contributed by atoms with van der Waals surface area (Å²) in [4.78, 5) is 7.95. The van der Waals surface area contributed by atoms with Crippen LogP contribution in [0.25, 0.3) is 0 Å². The minimum Gasteiger partial charge on any atom is -0.367 e. The van der Waals surface area contributed by atoms with Crippen LogP contribution in [0.4, 0.5) is 5.82 Å². The van der Waals surface area contributed by atoms with E-state index in [-0.39, 0.29) is 0 Å². The van der Waals surface area contributed by atoms with Gasteiger partial charge in [0.2, 0.25) is 0 Å². The van der Waals surface area contributed by atoms with E-state index < -0.39 is 0 Å². The highest BCUT2D eigenvalue weighted by Gasteiger charge is 2.10. The normalized spacial score (nSPS) is 17.4. The molecule has 0 aromatic carbocycles. The Hall–Kier alpha value is -0.870. The van der Waals surface area contributed by atoms with Crippen molar-refractivity contribution < 1.29 is 0 Å². The molecule has 4 nitrogen and oxygen atoms in total. The SMILES string of the molecule is Clc1cncnc1NCCNC1CCCCCC1. The zero-order chi connectivity index (χ0) is 12.6. The summed E-state index contributed by atoms with van der Waals surface area (Å²) in [5, 5.41) is 7.40.